The first-order chi connectivity index (χ1) is 10.8. The van der Waals surface area contributed by atoms with Crippen LogP contribution in [0, 0.1) is 0 Å². The molecule has 11 heteroatoms. The lowest BCUT2D eigenvalue weighted by atomic mass is 10.0. The lowest BCUT2D eigenvalue weighted by Crippen LogP contribution is -2.64. The summed E-state index contributed by atoms with van der Waals surface area (Å²) in [7, 11) is 0. The average molecular weight is 357 g/mol. The summed E-state index contributed by atoms with van der Waals surface area (Å²) in [4.78, 5) is 32.8. The summed E-state index contributed by atoms with van der Waals surface area (Å²) < 4.78 is 80.1. The van der Waals surface area contributed by atoms with E-state index in [0.717, 1.165) is 12.1 Å². The molecule has 0 fully saturated rings. The summed E-state index contributed by atoms with van der Waals surface area (Å²) in [6.07, 6.45) is 0. The van der Waals surface area contributed by atoms with Crippen molar-refractivity contribution in [2.75, 3.05) is 4.90 Å². The molecular formula is C13H9F6NO4. The Labute approximate surface area is 130 Å². The fourth-order valence-corrected chi connectivity index (χ4v) is 1.63. The number of rotatable bonds is 5. The number of carboxylic acids is 1. The Hall–Kier alpha value is -2.59. The third-order valence-electron chi connectivity index (χ3n) is 2.86. The highest BCUT2D eigenvalue weighted by Gasteiger charge is 2.79. The lowest BCUT2D eigenvalue weighted by molar-refractivity contribution is -0.292. The zero-order valence-electron chi connectivity index (χ0n) is 11.8. The van der Waals surface area contributed by atoms with Crippen molar-refractivity contribution in [1.82, 2.24) is 0 Å². The first-order valence-electron chi connectivity index (χ1n) is 6.05. The van der Waals surface area contributed by atoms with Crippen LogP contribution in [0.4, 0.5) is 32.0 Å². The maximum Gasteiger partial charge on any atom is 0.411 e. The van der Waals surface area contributed by atoms with Crippen LogP contribution >= 0.6 is 0 Å². The van der Waals surface area contributed by atoms with E-state index in [4.69, 9.17) is 5.11 Å². The molecule has 2 amide bonds. The average Bonchev–Trinajstić information content (AvgIpc) is 2.47. The fourth-order valence-electron chi connectivity index (χ4n) is 1.63. The summed E-state index contributed by atoms with van der Waals surface area (Å²) in [5, 5.41) is 8.03. The largest absolute Gasteiger partial charge is 0.477 e. The van der Waals surface area contributed by atoms with Gasteiger partial charge in [-0.25, -0.2) is 9.69 Å². The van der Waals surface area contributed by atoms with E-state index in [1.54, 1.807) is 0 Å². The van der Waals surface area contributed by atoms with E-state index in [2.05, 4.69) is 0 Å². The van der Waals surface area contributed by atoms with Crippen molar-refractivity contribution >= 4 is 23.5 Å². The number of amides is 2. The maximum absolute atomic E-state index is 13.7. The predicted molar refractivity (Wildman–Crippen MR) is 67.1 cm³/mol. The molecule has 0 atom stereocenters. The molecule has 0 bridgehead atoms. The number of carbonyl (C=O) groups is 3. The van der Waals surface area contributed by atoms with Crippen LogP contribution in [0.1, 0.15) is 6.92 Å². The Kier molecular flexibility index (Phi) is 4.97. The van der Waals surface area contributed by atoms with Crippen LogP contribution < -0.4 is 4.90 Å². The van der Waals surface area contributed by atoms with Gasteiger partial charge < -0.3 is 5.11 Å². The molecule has 1 N–H and O–H groups in total. The van der Waals surface area contributed by atoms with E-state index < -0.39 is 46.1 Å². The minimum absolute atomic E-state index is 0.439. The van der Waals surface area contributed by atoms with Crippen molar-refractivity contribution in [3.05, 3.63) is 30.3 Å². The first kappa shape index (κ1) is 19.5. The monoisotopic (exact) mass is 357 g/mol. The van der Waals surface area contributed by atoms with Gasteiger partial charge in [-0.3, -0.25) is 9.59 Å². The van der Waals surface area contributed by atoms with Crippen LogP contribution in [0.2, 0.25) is 0 Å². The summed E-state index contributed by atoms with van der Waals surface area (Å²) in [5.41, 5.74) is -0.580. The van der Waals surface area contributed by atoms with Crippen molar-refractivity contribution in [3.63, 3.8) is 0 Å². The number of anilines is 1. The van der Waals surface area contributed by atoms with E-state index in [9.17, 15) is 40.7 Å². The molecule has 1 aromatic carbocycles. The summed E-state index contributed by atoms with van der Waals surface area (Å²) >= 11 is 0. The van der Waals surface area contributed by atoms with Gasteiger partial charge in [0.25, 0.3) is 0 Å². The van der Waals surface area contributed by atoms with Crippen molar-refractivity contribution < 1.29 is 45.8 Å². The fraction of sp³-hybridized carbons (Fsp3) is 0.308. The highest BCUT2D eigenvalue weighted by molar-refractivity contribution is 6.16. The number of carbonyl (C=O) groups excluding carboxylic acids is 2. The Balaban J connectivity index is 3.42. The molecule has 0 heterocycles. The number of para-hydroxylation sites is 1. The van der Waals surface area contributed by atoms with Crippen LogP contribution in [0.5, 0.6) is 0 Å². The van der Waals surface area contributed by atoms with Crippen LogP contribution in [-0.4, -0.2) is 40.7 Å². The van der Waals surface area contributed by atoms with E-state index in [1.807, 2.05) is 0 Å². The van der Waals surface area contributed by atoms with Gasteiger partial charge in [-0.05, 0) is 12.1 Å². The number of aliphatic carboxylic acids is 1. The molecule has 1 rings (SSSR count). The molecule has 0 radical (unpaired) electrons. The number of carboxylic acid groups (broad SMARTS) is 1. The van der Waals surface area contributed by atoms with Gasteiger partial charge in [-0.1, -0.05) is 18.2 Å². The van der Waals surface area contributed by atoms with E-state index in [1.165, 1.54) is 18.2 Å². The highest BCUT2D eigenvalue weighted by atomic mass is 19.3. The third kappa shape index (κ3) is 2.93. The van der Waals surface area contributed by atoms with Crippen molar-refractivity contribution in [2.45, 2.75) is 24.7 Å². The molecule has 0 aromatic heterocycles. The molecule has 0 aliphatic carbocycles. The summed E-state index contributed by atoms with van der Waals surface area (Å²) in [6, 6.07) is 5.52. The number of imide groups is 1. The minimum atomic E-state index is -6.58. The van der Waals surface area contributed by atoms with Gasteiger partial charge in [0.2, 0.25) is 5.91 Å². The first-order valence-corrected chi connectivity index (χ1v) is 6.05. The van der Waals surface area contributed by atoms with Gasteiger partial charge in [-0.15, -0.1) is 0 Å². The molecule has 24 heavy (non-hydrogen) atoms. The van der Waals surface area contributed by atoms with Gasteiger partial charge in [-0.2, -0.15) is 26.3 Å². The number of hydrogen-bond acceptors (Lipinski definition) is 3. The van der Waals surface area contributed by atoms with Crippen molar-refractivity contribution in [2.24, 2.45) is 0 Å². The molecule has 5 nitrogen and oxygen atoms in total. The predicted octanol–water partition coefficient (Wildman–Crippen LogP) is 2.56. The zero-order chi connectivity index (χ0) is 18.9. The quantitative estimate of drug-likeness (QED) is 0.822. The van der Waals surface area contributed by atoms with Gasteiger partial charge in [0, 0.05) is 6.92 Å². The topological polar surface area (TPSA) is 74.7 Å². The van der Waals surface area contributed by atoms with Crippen LogP contribution in [-0.2, 0) is 14.4 Å². The third-order valence-corrected chi connectivity index (χ3v) is 2.86. The second-order valence-electron chi connectivity index (χ2n) is 4.52. The number of benzene rings is 1. The van der Waals surface area contributed by atoms with E-state index in [-0.39, 0.29) is 0 Å². The molecule has 1 aromatic rings. The molecule has 0 spiro atoms. The van der Waals surface area contributed by atoms with Gasteiger partial charge in [0.1, 0.15) is 0 Å². The second-order valence-corrected chi connectivity index (χ2v) is 4.52. The maximum atomic E-state index is 13.7. The Bertz CT molecular complexity index is 662. The molecule has 0 aliphatic heterocycles. The number of alkyl halides is 6. The van der Waals surface area contributed by atoms with Crippen LogP contribution in [0.15, 0.2) is 30.3 Å². The molecule has 0 aliphatic rings. The Morgan fingerprint density at radius 3 is 1.75 bits per heavy atom. The standard InChI is InChI=1S/C13H9F6NO4/c1-7(21)20(8-5-3-2-4-6-8)9(22)11(14,15)13(18,19)12(16,17)10(23)24/h2-6H,1H3,(H,23,24). The molecule has 0 unspecified atom stereocenters. The Morgan fingerprint density at radius 1 is 0.917 bits per heavy atom. The number of nitrogens with zero attached hydrogens (tertiary/aromatic N) is 1. The van der Waals surface area contributed by atoms with Crippen molar-refractivity contribution in [1.29, 1.82) is 0 Å². The molecular weight excluding hydrogens is 348 g/mol. The van der Waals surface area contributed by atoms with Crippen LogP contribution in [0.3, 0.4) is 0 Å². The number of halogens is 6. The van der Waals surface area contributed by atoms with Crippen molar-refractivity contribution in [3.8, 4) is 0 Å². The normalized spacial score (nSPS) is 12.6. The Morgan fingerprint density at radius 2 is 1.38 bits per heavy atom. The second kappa shape index (κ2) is 6.13. The molecule has 132 valence electrons. The zero-order valence-corrected chi connectivity index (χ0v) is 11.8. The van der Waals surface area contributed by atoms with Gasteiger partial charge in [0.05, 0.1) is 5.69 Å². The van der Waals surface area contributed by atoms with Gasteiger partial charge in [0.15, 0.2) is 0 Å². The summed E-state index contributed by atoms with van der Waals surface area (Å²) in [6.45, 7) is 0.564. The van der Waals surface area contributed by atoms with Gasteiger partial charge >= 0.3 is 29.6 Å². The van der Waals surface area contributed by atoms with Crippen LogP contribution in [0.25, 0.3) is 0 Å². The molecule has 0 saturated heterocycles. The smallest absolute Gasteiger partial charge is 0.411 e. The highest BCUT2D eigenvalue weighted by Crippen LogP contribution is 2.47. The van der Waals surface area contributed by atoms with E-state index in [0.29, 0.717) is 6.92 Å². The number of hydrogen-bond donors (Lipinski definition) is 1. The lowest BCUT2D eigenvalue weighted by Gasteiger charge is -2.32. The SMILES string of the molecule is CC(=O)N(C(=O)C(F)(F)C(F)(F)C(F)(F)C(=O)O)c1ccccc1. The summed E-state index contributed by atoms with van der Waals surface area (Å²) in [5.74, 6) is -27.0. The minimum Gasteiger partial charge on any atom is -0.477 e. The molecule has 0 saturated carbocycles. The van der Waals surface area contributed by atoms with E-state index >= 15 is 0 Å².